The summed E-state index contributed by atoms with van der Waals surface area (Å²) in [6.07, 6.45) is 3.23. The summed E-state index contributed by atoms with van der Waals surface area (Å²) in [7, 11) is 0. The second kappa shape index (κ2) is 5.38. The van der Waals surface area contributed by atoms with E-state index in [0.717, 1.165) is 22.0 Å². The van der Waals surface area contributed by atoms with Gasteiger partial charge in [-0.2, -0.15) is 0 Å². The zero-order chi connectivity index (χ0) is 12.3. The average molecular weight is 266 g/mol. The average Bonchev–Trinajstić information content (AvgIpc) is 2.32. The van der Waals surface area contributed by atoms with E-state index in [1.54, 1.807) is 24.2 Å². The maximum atomic E-state index is 5.90. The van der Waals surface area contributed by atoms with Gasteiger partial charge in [0, 0.05) is 16.3 Å². The molecule has 0 spiro atoms. The summed E-state index contributed by atoms with van der Waals surface area (Å²) in [5, 5.41) is 0.411. The van der Waals surface area contributed by atoms with Crippen molar-refractivity contribution in [2.24, 2.45) is 0 Å². The molecule has 0 amide bonds. The molecule has 0 saturated heterocycles. The van der Waals surface area contributed by atoms with Crippen molar-refractivity contribution in [1.29, 1.82) is 0 Å². The first-order valence-electron chi connectivity index (χ1n) is 5.10. The third-order valence-electron chi connectivity index (χ3n) is 2.22. The highest BCUT2D eigenvalue weighted by molar-refractivity contribution is 7.98. The molecule has 3 nitrogen and oxygen atoms in total. The summed E-state index contributed by atoms with van der Waals surface area (Å²) in [6.45, 7) is 2.05. The summed E-state index contributed by atoms with van der Waals surface area (Å²) in [5.74, 6) is 0.734. The third-order valence-corrected chi connectivity index (χ3v) is 3.52. The molecule has 0 saturated carbocycles. The molecular formula is C12H12ClN3S. The number of halogens is 1. The van der Waals surface area contributed by atoms with Crippen molar-refractivity contribution in [3.8, 4) is 0 Å². The highest BCUT2D eigenvalue weighted by Crippen LogP contribution is 2.28. The van der Waals surface area contributed by atoms with Crippen LogP contribution in [0.4, 0.5) is 5.69 Å². The smallest absolute Gasteiger partial charge is 0.147 e. The molecule has 1 aromatic carbocycles. The minimum absolute atomic E-state index is 0.411. The zero-order valence-corrected chi connectivity index (χ0v) is 10.9. The number of nitrogens with zero attached hydrogens (tertiary/aromatic N) is 2. The van der Waals surface area contributed by atoms with Gasteiger partial charge in [0.1, 0.15) is 5.15 Å². The highest BCUT2D eigenvalue weighted by atomic mass is 35.5. The van der Waals surface area contributed by atoms with Gasteiger partial charge in [-0.15, -0.1) is 11.8 Å². The lowest BCUT2D eigenvalue weighted by molar-refractivity contribution is 1.10. The number of nitrogens with two attached hydrogens (primary N) is 1. The first-order chi connectivity index (χ1) is 8.15. The van der Waals surface area contributed by atoms with Gasteiger partial charge in [0.15, 0.2) is 0 Å². The van der Waals surface area contributed by atoms with Crippen molar-refractivity contribution in [1.82, 2.24) is 9.97 Å². The topological polar surface area (TPSA) is 51.8 Å². The zero-order valence-electron chi connectivity index (χ0n) is 9.35. The molecule has 0 unspecified atom stereocenters. The number of anilines is 1. The van der Waals surface area contributed by atoms with Crippen LogP contribution in [0.3, 0.4) is 0 Å². The Morgan fingerprint density at radius 3 is 2.82 bits per heavy atom. The second-order valence-electron chi connectivity index (χ2n) is 3.66. The van der Waals surface area contributed by atoms with Crippen LogP contribution in [0.5, 0.6) is 0 Å². The van der Waals surface area contributed by atoms with Gasteiger partial charge in [0.2, 0.25) is 0 Å². The van der Waals surface area contributed by atoms with E-state index in [2.05, 4.69) is 16.0 Å². The number of nitrogen functional groups attached to an aromatic ring is 1. The van der Waals surface area contributed by atoms with Crippen LogP contribution in [0.25, 0.3) is 0 Å². The van der Waals surface area contributed by atoms with Crippen LogP contribution in [0.15, 0.2) is 35.5 Å². The first kappa shape index (κ1) is 12.2. The van der Waals surface area contributed by atoms with Crippen molar-refractivity contribution in [3.05, 3.63) is 47.0 Å². The largest absolute Gasteiger partial charge is 0.398 e. The Kier molecular flexibility index (Phi) is 3.86. The van der Waals surface area contributed by atoms with E-state index in [1.165, 1.54) is 5.56 Å². The number of rotatable bonds is 3. The Balaban J connectivity index is 2.07. The number of hydrogen-bond donors (Lipinski definition) is 1. The van der Waals surface area contributed by atoms with Crippen molar-refractivity contribution in [3.63, 3.8) is 0 Å². The SMILES string of the molecule is Cc1ccc(N)c(SCc2cnc(Cl)cn2)c1. The van der Waals surface area contributed by atoms with Crippen LogP contribution < -0.4 is 5.73 Å². The lowest BCUT2D eigenvalue weighted by Gasteiger charge is -2.06. The van der Waals surface area contributed by atoms with Gasteiger partial charge in [-0.25, -0.2) is 4.98 Å². The Labute approximate surface area is 109 Å². The third kappa shape index (κ3) is 3.35. The molecule has 2 aromatic rings. The summed E-state index contributed by atoms with van der Waals surface area (Å²) < 4.78 is 0. The number of benzene rings is 1. The Morgan fingerprint density at radius 1 is 1.29 bits per heavy atom. The summed E-state index contributed by atoms with van der Waals surface area (Å²) >= 11 is 7.32. The first-order valence-corrected chi connectivity index (χ1v) is 6.47. The molecule has 1 aromatic heterocycles. The second-order valence-corrected chi connectivity index (χ2v) is 5.06. The fourth-order valence-corrected chi connectivity index (χ4v) is 2.39. The molecule has 2 N–H and O–H groups in total. The van der Waals surface area contributed by atoms with Gasteiger partial charge in [0.05, 0.1) is 18.1 Å². The molecule has 0 fully saturated rings. The Bertz CT molecular complexity index is 514. The summed E-state index contributed by atoms with van der Waals surface area (Å²) in [4.78, 5) is 9.25. The predicted octanol–water partition coefficient (Wildman–Crippen LogP) is 3.31. The van der Waals surface area contributed by atoms with Gasteiger partial charge >= 0.3 is 0 Å². The lowest BCUT2D eigenvalue weighted by atomic mass is 10.2. The van der Waals surface area contributed by atoms with E-state index in [9.17, 15) is 0 Å². The summed E-state index contributed by atoms with van der Waals surface area (Å²) in [5.41, 5.74) is 8.78. The molecule has 0 aliphatic rings. The van der Waals surface area contributed by atoms with E-state index >= 15 is 0 Å². The highest BCUT2D eigenvalue weighted by Gasteiger charge is 2.02. The van der Waals surface area contributed by atoms with Gasteiger partial charge in [-0.1, -0.05) is 17.7 Å². The molecule has 0 radical (unpaired) electrons. The Morgan fingerprint density at radius 2 is 2.12 bits per heavy atom. The van der Waals surface area contributed by atoms with Gasteiger partial charge in [-0.3, -0.25) is 4.98 Å². The predicted molar refractivity (Wildman–Crippen MR) is 72.2 cm³/mol. The minimum atomic E-state index is 0.411. The van der Waals surface area contributed by atoms with Crippen molar-refractivity contribution < 1.29 is 0 Å². The molecule has 0 aliphatic heterocycles. The maximum absolute atomic E-state index is 5.90. The van der Waals surface area contributed by atoms with Crippen molar-refractivity contribution in [2.75, 3.05) is 5.73 Å². The van der Waals surface area contributed by atoms with Gasteiger partial charge < -0.3 is 5.73 Å². The van der Waals surface area contributed by atoms with Crippen LogP contribution in [-0.2, 0) is 5.75 Å². The minimum Gasteiger partial charge on any atom is -0.398 e. The van der Waals surface area contributed by atoms with Crippen molar-refractivity contribution >= 4 is 29.1 Å². The standard InChI is InChI=1S/C12H12ClN3S/c1-8-2-3-10(14)11(4-8)17-7-9-5-16-12(13)6-15-9/h2-6H,7,14H2,1H3. The van der Waals surface area contributed by atoms with E-state index in [1.807, 2.05) is 19.1 Å². The molecule has 0 aliphatic carbocycles. The maximum Gasteiger partial charge on any atom is 0.147 e. The molecule has 5 heteroatoms. The van der Waals surface area contributed by atoms with E-state index in [0.29, 0.717) is 5.15 Å². The summed E-state index contributed by atoms with van der Waals surface area (Å²) in [6, 6.07) is 6.00. The number of hydrogen-bond acceptors (Lipinski definition) is 4. The quantitative estimate of drug-likeness (QED) is 0.683. The molecule has 0 atom stereocenters. The van der Waals surface area contributed by atoms with Gasteiger partial charge in [0.25, 0.3) is 0 Å². The molecule has 0 bridgehead atoms. The molecule has 2 rings (SSSR count). The van der Waals surface area contributed by atoms with E-state index < -0.39 is 0 Å². The molecule has 1 heterocycles. The van der Waals surface area contributed by atoms with E-state index in [-0.39, 0.29) is 0 Å². The molecular weight excluding hydrogens is 254 g/mol. The fraction of sp³-hybridized carbons (Fsp3) is 0.167. The Hall–Kier alpha value is -1.26. The number of aromatic nitrogens is 2. The lowest BCUT2D eigenvalue weighted by Crippen LogP contribution is -1.92. The van der Waals surface area contributed by atoms with E-state index in [4.69, 9.17) is 17.3 Å². The van der Waals surface area contributed by atoms with Gasteiger partial charge in [-0.05, 0) is 24.6 Å². The number of thioether (sulfide) groups is 1. The van der Waals surface area contributed by atoms with Crippen LogP contribution in [-0.4, -0.2) is 9.97 Å². The normalized spacial score (nSPS) is 10.5. The number of aryl methyl sites for hydroxylation is 1. The monoisotopic (exact) mass is 265 g/mol. The molecule has 17 heavy (non-hydrogen) atoms. The van der Waals surface area contributed by atoms with Crippen LogP contribution in [0.1, 0.15) is 11.3 Å². The van der Waals surface area contributed by atoms with Crippen LogP contribution in [0.2, 0.25) is 5.15 Å². The van der Waals surface area contributed by atoms with Crippen LogP contribution in [0, 0.1) is 6.92 Å². The fourth-order valence-electron chi connectivity index (χ4n) is 1.33. The van der Waals surface area contributed by atoms with Crippen LogP contribution >= 0.6 is 23.4 Å². The van der Waals surface area contributed by atoms with Crippen molar-refractivity contribution in [2.45, 2.75) is 17.6 Å². The molecule has 88 valence electrons.